The lowest BCUT2D eigenvalue weighted by Gasteiger charge is -2.42. The Morgan fingerprint density at radius 1 is 1.00 bits per heavy atom. The van der Waals surface area contributed by atoms with Crippen molar-refractivity contribution in [1.82, 2.24) is 5.32 Å². The summed E-state index contributed by atoms with van der Waals surface area (Å²) in [5, 5.41) is 5.46. The van der Waals surface area contributed by atoms with Crippen LogP contribution in [0.25, 0.3) is 0 Å². The van der Waals surface area contributed by atoms with Gasteiger partial charge in [-0.3, -0.25) is 0 Å². The highest BCUT2D eigenvalue weighted by molar-refractivity contribution is 6.35. The highest BCUT2D eigenvalue weighted by atomic mass is 35.5. The fraction of sp³-hybridized carbons (Fsp3) is 0.368. The van der Waals surface area contributed by atoms with Crippen LogP contribution in [0.2, 0.25) is 15.1 Å². The third-order valence-electron chi connectivity index (χ3n) is 4.65. The molecular weight excluding hydrogens is 363 g/mol. The number of piperidine rings is 1. The molecule has 2 nitrogen and oxygen atoms in total. The summed E-state index contributed by atoms with van der Waals surface area (Å²) in [5.74, 6) is 0.619. The first-order chi connectivity index (χ1) is 11.6. The van der Waals surface area contributed by atoms with Crippen molar-refractivity contribution < 1.29 is 0 Å². The SMILES string of the molecule is CNC[C@@H]1CC[C@@H](c2ccc(Cl)cc2Cl)N(c2ccc(Cl)cc2)C1. The van der Waals surface area contributed by atoms with Gasteiger partial charge in [0.25, 0.3) is 0 Å². The molecule has 1 N–H and O–H groups in total. The van der Waals surface area contributed by atoms with Crippen LogP contribution in [0.5, 0.6) is 0 Å². The monoisotopic (exact) mass is 382 g/mol. The molecule has 0 aromatic heterocycles. The van der Waals surface area contributed by atoms with E-state index in [1.807, 2.05) is 31.3 Å². The average Bonchev–Trinajstić information content (AvgIpc) is 2.56. The number of rotatable bonds is 4. The molecule has 0 saturated carbocycles. The van der Waals surface area contributed by atoms with Crippen molar-refractivity contribution in [3.63, 3.8) is 0 Å². The van der Waals surface area contributed by atoms with Gasteiger partial charge < -0.3 is 10.2 Å². The van der Waals surface area contributed by atoms with Crippen LogP contribution < -0.4 is 10.2 Å². The molecule has 24 heavy (non-hydrogen) atoms. The Kier molecular flexibility index (Phi) is 5.93. The zero-order chi connectivity index (χ0) is 17.1. The maximum Gasteiger partial charge on any atom is 0.0557 e. The summed E-state index contributed by atoms with van der Waals surface area (Å²) in [6.07, 6.45) is 2.24. The molecule has 0 radical (unpaired) electrons. The van der Waals surface area contributed by atoms with Gasteiger partial charge in [-0.25, -0.2) is 0 Å². The summed E-state index contributed by atoms with van der Waals surface area (Å²) >= 11 is 18.6. The molecule has 1 aliphatic heterocycles. The summed E-state index contributed by atoms with van der Waals surface area (Å²) in [6, 6.07) is 14.1. The predicted octanol–water partition coefficient (Wildman–Crippen LogP) is 5.82. The highest BCUT2D eigenvalue weighted by Crippen LogP contribution is 2.40. The van der Waals surface area contributed by atoms with E-state index in [2.05, 4.69) is 28.4 Å². The number of benzene rings is 2. The van der Waals surface area contributed by atoms with Crippen molar-refractivity contribution in [1.29, 1.82) is 0 Å². The molecule has 1 heterocycles. The molecule has 128 valence electrons. The Morgan fingerprint density at radius 2 is 1.71 bits per heavy atom. The molecule has 1 fully saturated rings. The number of nitrogens with zero attached hydrogens (tertiary/aromatic N) is 1. The number of anilines is 1. The Hall–Kier alpha value is -0.930. The molecular formula is C19H21Cl3N2. The van der Waals surface area contributed by atoms with Crippen molar-refractivity contribution in [3.8, 4) is 0 Å². The number of halogens is 3. The van der Waals surface area contributed by atoms with Crippen molar-refractivity contribution in [2.24, 2.45) is 5.92 Å². The van der Waals surface area contributed by atoms with Gasteiger partial charge in [-0.05, 0) is 74.3 Å². The lowest BCUT2D eigenvalue weighted by Crippen LogP contribution is -2.41. The molecule has 1 saturated heterocycles. The summed E-state index contributed by atoms with van der Waals surface area (Å²) in [7, 11) is 2.01. The van der Waals surface area contributed by atoms with Crippen LogP contribution in [-0.2, 0) is 0 Å². The normalized spacial score (nSPS) is 21.1. The minimum absolute atomic E-state index is 0.254. The van der Waals surface area contributed by atoms with Crippen molar-refractivity contribution >= 4 is 40.5 Å². The third-order valence-corrected chi connectivity index (χ3v) is 5.47. The first-order valence-electron chi connectivity index (χ1n) is 8.20. The molecule has 0 spiro atoms. The van der Waals surface area contributed by atoms with Crippen molar-refractivity contribution in [2.45, 2.75) is 18.9 Å². The van der Waals surface area contributed by atoms with Gasteiger partial charge in [0.1, 0.15) is 0 Å². The van der Waals surface area contributed by atoms with Crippen LogP contribution in [0.1, 0.15) is 24.4 Å². The Morgan fingerprint density at radius 3 is 2.38 bits per heavy atom. The molecule has 2 aromatic carbocycles. The maximum atomic E-state index is 6.49. The number of hydrogen-bond donors (Lipinski definition) is 1. The topological polar surface area (TPSA) is 15.3 Å². The van der Waals surface area contributed by atoms with E-state index >= 15 is 0 Å². The summed E-state index contributed by atoms with van der Waals surface area (Å²) in [4.78, 5) is 2.44. The highest BCUT2D eigenvalue weighted by Gasteiger charge is 2.30. The van der Waals surface area contributed by atoms with Gasteiger partial charge in [-0.15, -0.1) is 0 Å². The maximum absolute atomic E-state index is 6.49. The zero-order valence-electron chi connectivity index (χ0n) is 13.6. The van der Waals surface area contributed by atoms with Crippen LogP contribution in [0, 0.1) is 5.92 Å². The summed E-state index contributed by atoms with van der Waals surface area (Å²) in [6.45, 7) is 2.01. The van der Waals surface area contributed by atoms with E-state index in [0.29, 0.717) is 10.9 Å². The lowest BCUT2D eigenvalue weighted by molar-refractivity contribution is 0.352. The number of nitrogens with one attached hydrogen (secondary N) is 1. The van der Waals surface area contributed by atoms with E-state index in [9.17, 15) is 0 Å². The molecule has 3 rings (SSSR count). The third kappa shape index (κ3) is 4.00. The molecule has 0 bridgehead atoms. The van der Waals surface area contributed by atoms with E-state index in [4.69, 9.17) is 34.8 Å². The smallest absolute Gasteiger partial charge is 0.0557 e. The van der Waals surface area contributed by atoms with E-state index in [0.717, 1.165) is 35.1 Å². The second-order valence-corrected chi connectivity index (χ2v) is 7.59. The van der Waals surface area contributed by atoms with Crippen molar-refractivity contribution in [2.75, 3.05) is 25.0 Å². The molecule has 1 aliphatic rings. The van der Waals surface area contributed by atoms with Gasteiger partial charge in [-0.2, -0.15) is 0 Å². The average molecular weight is 384 g/mol. The van der Waals surface area contributed by atoms with Crippen LogP contribution >= 0.6 is 34.8 Å². The zero-order valence-corrected chi connectivity index (χ0v) is 15.9. The van der Waals surface area contributed by atoms with Gasteiger partial charge >= 0.3 is 0 Å². The molecule has 0 aliphatic carbocycles. The minimum atomic E-state index is 0.254. The van der Waals surface area contributed by atoms with Gasteiger partial charge in [0.05, 0.1) is 6.04 Å². The lowest BCUT2D eigenvalue weighted by atomic mass is 9.88. The largest absolute Gasteiger partial charge is 0.364 e. The second-order valence-electron chi connectivity index (χ2n) is 6.31. The van der Waals surface area contributed by atoms with Crippen molar-refractivity contribution in [3.05, 3.63) is 63.1 Å². The van der Waals surface area contributed by atoms with E-state index < -0.39 is 0 Å². The first-order valence-corrected chi connectivity index (χ1v) is 9.33. The standard InChI is InChI=1S/C19H21Cl3N2/c1-23-11-13-2-9-19(17-8-5-15(21)10-18(17)22)24(12-13)16-6-3-14(20)4-7-16/h3-8,10,13,19,23H,2,9,11-12H2,1H3/t13-,19-/m0/s1. The predicted molar refractivity (Wildman–Crippen MR) is 105 cm³/mol. The molecule has 2 aromatic rings. The van der Waals surface area contributed by atoms with Gasteiger partial charge in [0.15, 0.2) is 0 Å². The van der Waals surface area contributed by atoms with Crippen LogP contribution in [-0.4, -0.2) is 20.1 Å². The summed E-state index contributed by atoms with van der Waals surface area (Å²) in [5.41, 5.74) is 2.31. The first kappa shape index (κ1) is 17.9. The second kappa shape index (κ2) is 7.97. The van der Waals surface area contributed by atoms with E-state index in [1.54, 1.807) is 0 Å². The minimum Gasteiger partial charge on any atom is -0.364 e. The van der Waals surface area contributed by atoms with Gasteiger partial charge in [0.2, 0.25) is 0 Å². The molecule has 2 atom stereocenters. The van der Waals surface area contributed by atoms with E-state index in [1.165, 1.54) is 12.1 Å². The van der Waals surface area contributed by atoms with Gasteiger partial charge in [-0.1, -0.05) is 40.9 Å². The van der Waals surface area contributed by atoms with Crippen LogP contribution in [0.4, 0.5) is 5.69 Å². The fourth-order valence-corrected chi connectivity index (χ4v) is 4.17. The quantitative estimate of drug-likeness (QED) is 0.715. The fourth-order valence-electron chi connectivity index (χ4n) is 3.51. The Bertz CT molecular complexity index is 688. The molecule has 5 heteroatoms. The molecule has 0 amide bonds. The Balaban J connectivity index is 1.94. The van der Waals surface area contributed by atoms with Gasteiger partial charge in [0, 0.05) is 27.3 Å². The molecule has 0 unspecified atom stereocenters. The summed E-state index contributed by atoms with van der Waals surface area (Å²) < 4.78 is 0. The Labute approximate surface area is 158 Å². The van der Waals surface area contributed by atoms with Crippen LogP contribution in [0.3, 0.4) is 0 Å². The van der Waals surface area contributed by atoms with Crippen LogP contribution in [0.15, 0.2) is 42.5 Å². The number of hydrogen-bond acceptors (Lipinski definition) is 2. The van der Waals surface area contributed by atoms with E-state index in [-0.39, 0.29) is 6.04 Å².